The van der Waals surface area contributed by atoms with E-state index in [2.05, 4.69) is 27.8 Å². The molecule has 8 heteroatoms. The van der Waals surface area contributed by atoms with Crippen molar-refractivity contribution in [2.24, 2.45) is 0 Å². The Hall–Kier alpha value is -3.49. The number of anilines is 1. The van der Waals surface area contributed by atoms with E-state index >= 15 is 0 Å². The van der Waals surface area contributed by atoms with Crippen molar-refractivity contribution in [3.63, 3.8) is 0 Å². The molecule has 2 N–H and O–H groups in total. The molecule has 0 saturated heterocycles. The highest BCUT2D eigenvalue weighted by Crippen LogP contribution is 2.30. The van der Waals surface area contributed by atoms with E-state index in [1.807, 2.05) is 43.3 Å². The zero-order valence-electron chi connectivity index (χ0n) is 27.1. The number of rotatable bonds is 16. The molecule has 46 heavy (non-hydrogen) atoms. The van der Waals surface area contributed by atoms with Crippen molar-refractivity contribution >= 4 is 39.3 Å². The van der Waals surface area contributed by atoms with Gasteiger partial charge in [0.25, 0.3) is 0 Å². The van der Waals surface area contributed by atoms with Gasteiger partial charge in [0.15, 0.2) is 5.78 Å². The molecule has 1 aliphatic rings. The van der Waals surface area contributed by atoms with Crippen molar-refractivity contribution in [2.45, 2.75) is 90.1 Å². The smallest absolute Gasteiger partial charge is 0.338 e. The Morgan fingerprint density at radius 3 is 2.24 bits per heavy atom. The normalized spacial score (nSPS) is 14.2. The van der Waals surface area contributed by atoms with Gasteiger partial charge in [-0.2, -0.15) is 0 Å². The zero-order valence-corrected chi connectivity index (χ0v) is 28.7. The summed E-state index contributed by atoms with van der Waals surface area (Å²) in [6.07, 6.45) is 8.90. The van der Waals surface area contributed by atoms with E-state index in [0.29, 0.717) is 58.7 Å². The molecule has 7 nitrogen and oxygen atoms in total. The fourth-order valence-electron chi connectivity index (χ4n) is 6.18. The summed E-state index contributed by atoms with van der Waals surface area (Å²) in [5, 5.41) is 0. The predicted octanol–water partition coefficient (Wildman–Crippen LogP) is 8.48. The van der Waals surface area contributed by atoms with Crippen molar-refractivity contribution in [3.05, 3.63) is 99.0 Å². The van der Waals surface area contributed by atoms with Crippen LogP contribution >= 0.6 is 15.9 Å². The van der Waals surface area contributed by atoms with Gasteiger partial charge in [-0.25, -0.2) is 4.79 Å². The third kappa shape index (κ3) is 9.76. The number of nitrogens with two attached hydrogens (primary N) is 1. The van der Waals surface area contributed by atoms with E-state index in [9.17, 15) is 14.4 Å². The summed E-state index contributed by atoms with van der Waals surface area (Å²) >= 11 is 3.54. The molecular formula is C38H47BrN2O5. The van der Waals surface area contributed by atoms with Crippen LogP contribution in [0.25, 0.3) is 0 Å². The van der Waals surface area contributed by atoms with E-state index in [0.717, 1.165) is 24.1 Å². The molecule has 0 radical (unpaired) electrons. The van der Waals surface area contributed by atoms with Gasteiger partial charge in [0.2, 0.25) is 0 Å². The van der Waals surface area contributed by atoms with Crippen molar-refractivity contribution in [3.8, 4) is 0 Å². The number of ketones is 1. The largest absolute Gasteiger partial charge is 0.465 e. The molecule has 0 aromatic heterocycles. The second-order valence-electron chi connectivity index (χ2n) is 12.0. The monoisotopic (exact) mass is 690 g/mol. The van der Waals surface area contributed by atoms with Gasteiger partial charge in [0.1, 0.15) is 0 Å². The maximum atomic E-state index is 12.9. The number of nitrogens with zero attached hydrogens (tertiary/aromatic N) is 1. The van der Waals surface area contributed by atoms with Crippen molar-refractivity contribution in [2.75, 3.05) is 25.5 Å². The van der Waals surface area contributed by atoms with Crippen molar-refractivity contribution in [1.29, 1.82) is 0 Å². The summed E-state index contributed by atoms with van der Waals surface area (Å²) in [5.74, 6) is -1.18. The average molecular weight is 692 g/mol. The predicted molar refractivity (Wildman–Crippen MR) is 186 cm³/mol. The summed E-state index contributed by atoms with van der Waals surface area (Å²) in [6, 6.07) is 20.5. The Kier molecular flexibility index (Phi) is 13.8. The SMILES string of the molecule is CCC(C(=O)OCCCCCOC(=O)c1cc(Br)c(N)c(CN(CC)C2CCCCC2)c1)c1cccc(C(=O)c2ccccc2)c1. The van der Waals surface area contributed by atoms with Gasteiger partial charge in [0.05, 0.1) is 30.4 Å². The average Bonchev–Trinajstić information content (AvgIpc) is 3.09. The highest BCUT2D eigenvalue weighted by molar-refractivity contribution is 9.10. The van der Waals surface area contributed by atoms with Crippen LogP contribution in [0.1, 0.15) is 115 Å². The molecule has 1 atom stereocenters. The summed E-state index contributed by atoms with van der Waals surface area (Å²) in [5.41, 5.74) is 10.4. The molecule has 3 aromatic carbocycles. The maximum Gasteiger partial charge on any atom is 0.338 e. The Balaban J connectivity index is 1.20. The number of hydrogen-bond donors (Lipinski definition) is 1. The van der Waals surface area contributed by atoms with Crippen LogP contribution in [-0.2, 0) is 20.8 Å². The number of halogens is 1. The number of ether oxygens (including phenoxy) is 2. The number of carbonyl (C=O) groups is 3. The summed E-state index contributed by atoms with van der Waals surface area (Å²) in [4.78, 5) is 41.2. The first-order chi connectivity index (χ1) is 22.3. The fourth-order valence-corrected chi connectivity index (χ4v) is 6.68. The number of benzene rings is 3. The molecule has 0 amide bonds. The Morgan fingerprint density at radius 1 is 0.848 bits per heavy atom. The van der Waals surface area contributed by atoms with Gasteiger partial charge in [-0.3, -0.25) is 14.5 Å². The van der Waals surface area contributed by atoms with Gasteiger partial charge in [-0.1, -0.05) is 81.6 Å². The van der Waals surface area contributed by atoms with E-state index in [-0.39, 0.29) is 30.9 Å². The molecule has 0 aliphatic heterocycles. The minimum absolute atomic E-state index is 0.0753. The molecule has 1 fully saturated rings. The van der Waals surface area contributed by atoms with Crippen LogP contribution in [0.5, 0.6) is 0 Å². The molecule has 0 heterocycles. The molecule has 3 aromatic rings. The van der Waals surface area contributed by atoms with Crippen LogP contribution in [0.3, 0.4) is 0 Å². The second-order valence-corrected chi connectivity index (χ2v) is 12.9. The number of carbonyl (C=O) groups excluding carboxylic acids is 3. The highest BCUT2D eigenvalue weighted by Gasteiger charge is 2.23. The number of nitrogen functional groups attached to an aromatic ring is 1. The highest BCUT2D eigenvalue weighted by atomic mass is 79.9. The first-order valence-electron chi connectivity index (χ1n) is 16.7. The van der Waals surface area contributed by atoms with Crippen LogP contribution < -0.4 is 5.73 Å². The first-order valence-corrected chi connectivity index (χ1v) is 17.5. The fraction of sp³-hybridized carbons (Fsp3) is 0.447. The molecule has 246 valence electrons. The van der Waals surface area contributed by atoms with E-state index in [4.69, 9.17) is 15.2 Å². The molecular weight excluding hydrogens is 644 g/mol. The van der Waals surface area contributed by atoms with Gasteiger partial charge < -0.3 is 15.2 Å². The molecule has 1 aliphatic carbocycles. The lowest BCUT2D eigenvalue weighted by Crippen LogP contribution is -2.36. The number of hydrogen-bond acceptors (Lipinski definition) is 7. The molecule has 0 bridgehead atoms. The molecule has 1 unspecified atom stereocenters. The van der Waals surface area contributed by atoms with E-state index in [1.165, 1.54) is 32.1 Å². The molecule has 4 rings (SSSR count). The number of esters is 2. The topological polar surface area (TPSA) is 98.9 Å². The van der Waals surface area contributed by atoms with Crippen LogP contribution in [0.2, 0.25) is 0 Å². The maximum absolute atomic E-state index is 12.9. The third-order valence-electron chi connectivity index (χ3n) is 8.87. The number of unbranched alkanes of at least 4 members (excludes halogenated alkanes) is 2. The first kappa shape index (κ1) is 35.4. The van der Waals surface area contributed by atoms with Crippen molar-refractivity contribution in [1.82, 2.24) is 4.90 Å². The second kappa shape index (κ2) is 18.0. The third-order valence-corrected chi connectivity index (χ3v) is 9.52. The zero-order chi connectivity index (χ0) is 32.9. The lowest BCUT2D eigenvalue weighted by Gasteiger charge is -2.34. The quantitative estimate of drug-likeness (QED) is 0.0697. The Morgan fingerprint density at radius 2 is 1.54 bits per heavy atom. The minimum Gasteiger partial charge on any atom is -0.465 e. The van der Waals surface area contributed by atoms with Crippen LogP contribution in [0, 0.1) is 0 Å². The molecule has 0 spiro atoms. The van der Waals surface area contributed by atoms with E-state index in [1.54, 1.807) is 30.3 Å². The summed E-state index contributed by atoms with van der Waals surface area (Å²) in [6.45, 7) is 6.33. The standard InChI is InChI=1S/C38H47BrN2O5/c1-3-33(28-17-14-18-29(23-28)36(42)27-15-8-5-9-16-27)38(44)46-22-13-7-12-21-45-37(43)30-24-31(35(40)34(39)25-30)26-41(4-2)32-19-10-6-11-20-32/h5,8-9,14-18,23-25,32-33H,3-4,6-7,10-13,19-22,26,40H2,1-2H3. The van der Waals surface area contributed by atoms with Crippen LogP contribution in [-0.4, -0.2) is 48.4 Å². The van der Waals surface area contributed by atoms with Crippen LogP contribution in [0.4, 0.5) is 5.69 Å². The summed E-state index contributed by atoms with van der Waals surface area (Å²) < 4.78 is 11.9. The van der Waals surface area contributed by atoms with Gasteiger partial charge in [-0.15, -0.1) is 0 Å². The molecule has 1 saturated carbocycles. The van der Waals surface area contributed by atoms with Gasteiger partial charge in [-0.05, 0) is 90.3 Å². The Bertz CT molecular complexity index is 1450. The van der Waals surface area contributed by atoms with Gasteiger partial charge >= 0.3 is 11.9 Å². The van der Waals surface area contributed by atoms with Crippen molar-refractivity contribution < 1.29 is 23.9 Å². The Labute approximate surface area is 282 Å². The lowest BCUT2D eigenvalue weighted by atomic mass is 9.93. The summed E-state index contributed by atoms with van der Waals surface area (Å²) in [7, 11) is 0. The van der Waals surface area contributed by atoms with E-state index < -0.39 is 5.92 Å². The van der Waals surface area contributed by atoms with Crippen LogP contribution in [0.15, 0.2) is 71.2 Å². The van der Waals surface area contributed by atoms with Gasteiger partial charge in [0, 0.05) is 28.2 Å². The lowest BCUT2D eigenvalue weighted by molar-refractivity contribution is -0.145. The minimum atomic E-state index is -0.444.